The number of hydrogen-bond donors (Lipinski definition) is 2. The van der Waals surface area contributed by atoms with Crippen LogP contribution >= 0.6 is 0 Å². The van der Waals surface area contributed by atoms with E-state index in [4.69, 9.17) is 19.7 Å². The molecule has 0 fully saturated rings. The molecule has 0 unspecified atom stereocenters. The number of hydrogen-bond acceptors (Lipinski definition) is 5. The summed E-state index contributed by atoms with van der Waals surface area (Å²) in [7, 11) is 0. The molecule has 0 saturated carbocycles. The highest BCUT2D eigenvalue weighted by Crippen LogP contribution is 2.39. The number of carboxylic acid groups (broad SMARTS) is 1. The number of aromatic nitrogens is 2. The number of nitrogens with zero attached hydrogens (tertiary/aromatic N) is 2. The fourth-order valence-electron chi connectivity index (χ4n) is 3.38. The maximum Gasteiger partial charge on any atom is 0.335 e. The fourth-order valence-corrected chi connectivity index (χ4v) is 3.38. The molecule has 3 heterocycles. The highest BCUT2D eigenvalue weighted by molar-refractivity contribution is 5.87. The third-order valence-electron chi connectivity index (χ3n) is 4.66. The third-order valence-corrected chi connectivity index (χ3v) is 4.66. The number of carbonyl (C=O) groups is 1. The quantitative estimate of drug-likeness (QED) is 0.756. The van der Waals surface area contributed by atoms with Crippen molar-refractivity contribution in [1.82, 2.24) is 9.78 Å². The van der Waals surface area contributed by atoms with Gasteiger partial charge in [0.15, 0.2) is 11.5 Å². The largest absolute Gasteiger partial charge is 0.478 e. The Hall–Kier alpha value is -3.48. The Morgan fingerprint density at radius 2 is 1.92 bits per heavy atom. The third kappa shape index (κ3) is 2.21. The minimum absolute atomic E-state index is 0.239. The highest BCUT2D eigenvalue weighted by Gasteiger charge is 2.25. The van der Waals surface area contributed by atoms with Crippen LogP contribution in [-0.2, 0) is 6.42 Å². The SMILES string of the molecule is O=C(O)c1ccc(-n2nc(-c3ccc4c(c3)OCO4)c3c2NCC3)cc1. The second-order valence-electron chi connectivity index (χ2n) is 6.18. The molecule has 7 nitrogen and oxygen atoms in total. The second-order valence-corrected chi connectivity index (χ2v) is 6.18. The Morgan fingerprint density at radius 1 is 1.12 bits per heavy atom. The summed E-state index contributed by atoms with van der Waals surface area (Å²) >= 11 is 0. The topological polar surface area (TPSA) is 85.6 Å². The van der Waals surface area contributed by atoms with E-state index in [0.29, 0.717) is 0 Å². The van der Waals surface area contributed by atoms with E-state index in [-0.39, 0.29) is 12.4 Å². The van der Waals surface area contributed by atoms with Crippen LogP contribution in [0.1, 0.15) is 15.9 Å². The fraction of sp³-hybridized carbons (Fsp3) is 0.158. The average molecular weight is 349 g/mol. The van der Waals surface area contributed by atoms with Crippen molar-refractivity contribution in [2.24, 2.45) is 0 Å². The molecule has 0 bridgehead atoms. The van der Waals surface area contributed by atoms with E-state index in [1.165, 1.54) is 0 Å². The molecule has 5 rings (SSSR count). The monoisotopic (exact) mass is 349 g/mol. The minimum Gasteiger partial charge on any atom is -0.478 e. The molecule has 26 heavy (non-hydrogen) atoms. The lowest BCUT2D eigenvalue weighted by Crippen LogP contribution is -2.05. The van der Waals surface area contributed by atoms with Crippen LogP contribution in [0.4, 0.5) is 5.82 Å². The smallest absolute Gasteiger partial charge is 0.335 e. The molecular weight excluding hydrogens is 334 g/mol. The van der Waals surface area contributed by atoms with E-state index in [0.717, 1.165) is 52.8 Å². The summed E-state index contributed by atoms with van der Waals surface area (Å²) in [6.07, 6.45) is 0.881. The van der Waals surface area contributed by atoms with Crippen LogP contribution in [0.2, 0.25) is 0 Å². The van der Waals surface area contributed by atoms with Crippen LogP contribution in [0.25, 0.3) is 16.9 Å². The lowest BCUT2D eigenvalue weighted by molar-refractivity contribution is 0.0697. The molecule has 130 valence electrons. The Kier molecular flexibility index (Phi) is 3.15. The molecule has 0 atom stereocenters. The molecule has 0 saturated heterocycles. The number of carboxylic acids is 1. The lowest BCUT2D eigenvalue weighted by Gasteiger charge is -2.07. The van der Waals surface area contributed by atoms with Gasteiger partial charge in [-0.3, -0.25) is 0 Å². The molecule has 3 aromatic rings. The van der Waals surface area contributed by atoms with Crippen LogP contribution in [0.15, 0.2) is 42.5 Å². The number of rotatable bonds is 3. The van der Waals surface area contributed by atoms with Gasteiger partial charge in [-0.1, -0.05) is 0 Å². The molecule has 0 aliphatic carbocycles. The molecule has 2 aliphatic heterocycles. The summed E-state index contributed by atoms with van der Waals surface area (Å²) in [4.78, 5) is 11.1. The number of benzene rings is 2. The van der Waals surface area contributed by atoms with E-state index < -0.39 is 5.97 Å². The van der Waals surface area contributed by atoms with Gasteiger partial charge in [-0.2, -0.15) is 5.10 Å². The first-order valence-corrected chi connectivity index (χ1v) is 8.30. The van der Waals surface area contributed by atoms with E-state index in [9.17, 15) is 4.79 Å². The van der Waals surface area contributed by atoms with Gasteiger partial charge >= 0.3 is 5.97 Å². The standard InChI is InChI=1S/C19H15N3O4/c23-19(24)11-1-4-13(5-2-11)22-18-14(7-8-20-18)17(21-22)12-3-6-15-16(9-12)26-10-25-15/h1-6,9,20H,7-8,10H2,(H,23,24). The summed E-state index contributed by atoms with van der Waals surface area (Å²) in [5.41, 5.74) is 4.07. The summed E-state index contributed by atoms with van der Waals surface area (Å²) in [5, 5.41) is 17.2. The van der Waals surface area contributed by atoms with Crippen molar-refractivity contribution >= 4 is 11.8 Å². The van der Waals surface area contributed by atoms with Gasteiger partial charge < -0.3 is 19.9 Å². The van der Waals surface area contributed by atoms with Crippen molar-refractivity contribution in [3.63, 3.8) is 0 Å². The first-order chi connectivity index (χ1) is 12.7. The van der Waals surface area contributed by atoms with Crippen LogP contribution in [0.3, 0.4) is 0 Å². The minimum atomic E-state index is -0.943. The number of aromatic carboxylic acids is 1. The molecular formula is C19H15N3O4. The van der Waals surface area contributed by atoms with Gasteiger partial charge in [-0.05, 0) is 48.9 Å². The van der Waals surface area contributed by atoms with Crippen molar-refractivity contribution in [1.29, 1.82) is 0 Å². The van der Waals surface area contributed by atoms with E-state index in [1.807, 2.05) is 22.9 Å². The van der Waals surface area contributed by atoms with Crippen LogP contribution in [-0.4, -0.2) is 34.2 Å². The lowest BCUT2D eigenvalue weighted by atomic mass is 10.1. The van der Waals surface area contributed by atoms with Crippen molar-refractivity contribution in [2.75, 3.05) is 18.7 Å². The first kappa shape index (κ1) is 14.8. The van der Waals surface area contributed by atoms with Crippen LogP contribution in [0, 0.1) is 0 Å². The molecule has 7 heteroatoms. The molecule has 0 spiro atoms. The van der Waals surface area contributed by atoms with Crippen molar-refractivity contribution < 1.29 is 19.4 Å². The Labute approximate surface area is 148 Å². The zero-order chi connectivity index (χ0) is 17.7. The maximum atomic E-state index is 11.1. The molecule has 2 N–H and O–H groups in total. The van der Waals surface area contributed by atoms with Crippen molar-refractivity contribution in [3.8, 4) is 28.4 Å². The summed E-state index contributed by atoms with van der Waals surface area (Å²) < 4.78 is 12.7. The second kappa shape index (κ2) is 5.52. The Bertz CT molecular complexity index is 1020. The van der Waals surface area contributed by atoms with Gasteiger partial charge in [0.2, 0.25) is 6.79 Å². The van der Waals surface area contributed by atoms with Crippen LogP contribution < -0.4 is 14.8 Å². The number of fused-ring (bicyclic) bond motifs is 2. The predicted octanol–water partition coefficient (Wildman–Crippen LogP) is 2.93. The van der Waals surface area contributed by atoms with Gasteiger partial charge in [0.05, 0.1) is 16.9 Å². The zero-order valence-electron chi connectivity index (χ0n) is 13.7. The van der Waals surface area contributed by atoms with E-state index in [1.54, 1.807) is 24.3 Å². The normalized spacial score (nSPS) is 14.2. The molecule has 2 aromatic carbocycles. The zero-order valence-corrected chi connectivity index (χ0v) is 13.7. The number of ether oxygens (including phenoxy) is 2. The number of nitrogens with one attached hydrogen (secondary N) is 1. The van der Waals surface area contributed by atoms with Gasteiger partial charge in [0, 0.05) is 17.7 Å². The van der Waals surface area contributed by atoms with Crippen molar-refractivity contribution in [2.45, 2.75) is 6.42 Å². The van der Waals surface area contributed by atoms with Crippen LogP contribution in [0.5, 0.6) is 11.5 Å². The first-order valence-electron chi connectivity index (χ1n) is 8.30. The number of anilines is 1. The predicted molar refractivity (Wildman–Crippen MR) is 94.3 cm³/mol. The summed E-state index contributed by atoms with van der Waals surface area (Å²) in [5.74, 6) is 1.47. The van der Waals surface area contributed by atoms with Gasteiger partial charge in [-0.25, -0.2) is 9.48 Å². The molecule has 1 aromatic heterocycles. The summed E-state index contributed by atoms with van der Waals surface area (Å²) in [6.45, 7) is 1.08. The summed E-state index contributed by atoms with van der Waals surface area (Å²) in [6, 6.07) is 12.5. The Balaban J connectivity index is 1.60. The van der Waals surface area contributed by atoms with Gasteiger partial charge in [-0.15, -0.1) is 0 Å². The molecule has 0 radical (unpaired) electrons. The maximum absolute atomic E-state index is 11.1. The van der Waals surface area contributed by atoms with E-state index in [2.05, 4.69) is 5.32 Å². The van der Waals surface area contributed by atoms with Gasteiger partial charge in [0.1, 0.15) is 5.82 Å². The molecule has 2 aliphatic rings. The van der Waals surface area contributed by atoms with E-state index >= 15 is 0 Å². The van der Waals surface area contributed by atoms with Gasteiger partial charge in [0.25, 0.3) is 0 Å². The average Bonchev–Trinajstić information content (AvgIpc) is 3.37. The Morgan fingerprint density at radius 3 is 2.73 bits per heavy atom. The molecule has 0 amide bonds. The van der Waals surface area contributed by atoms with Crippen molar-refractivity contribution in [3.05, 3.63) is 53.6 Å². The highest BCUT2D eigenvalue weighted by atomic mass is 16.7.